The lowest BCUT2D eigenvalue weighted by Crippen LogP contribution is -2.30. The van der Waals surface area contributed by atoms with Gasteiger partial charge in [-0.05, 0) is 48.1 Å². The first-order chi connectivity index (χ1) is 13.1. The van der Waals surface area contributed by atoms with E-state index in [-0.39, 0.29) is 24.2 Å². The molecule has 0 aliphatic carbocycles. The quantitative estimate of drug-likeness (QED) is 0.473. The maximum Gasteiger partial charge on any atom is 0.245 e. The first-order valence-corrected chi connectivity index (χ1v) is 10.2. The molecule has 1 atom stereocenters. The van der Waals surface area contributed by atoms with E-state index in [2.05, 4.69) is 17.5 Å². The summed E-state index contributed by atoms with van der Waals surface area (Å²) in [6.07, 6.45) is 4.80. The van der Waals surface area contributed by atoms with Crippen LogP contribution in [-0.4, -0.2) is 30.8 Å². The Morgan fingerprint density at radius 2 is 1.93 bits per heavy atom. The number of hydrogen-bond donors (Lipinski definition) is 1. The van der Waals surface area contributed by atoms with Gasteiger partial charge < -0.3 is 4.90 Å². The summed E-state index contributed by atoms with van der Waals surface area (Å²) in [6, 6.07) is 15.8. The summed E-state index contributed by atoms with van der Waals surface area (Å²) in [5.41, 5.74) is 5.53. The second kappa shape index (κ2) is 8.86. The molecule has 1 aliphatic heterocycles. The monoisotopic (exact) mass is 381 g/mol. The fourth-order valence-corrected chi connectivity index (χ4v) is 3.40. The van der Waals surface area contributed by atoms with Gasteiger partial charge in [0.15, 0.2) is 0 Å². The molecule has 2 amide bonds. The van der Waals surface area contributed by atoms with Gasteiger partial charge in [-0.1, -0.05) is 31.2 Å². The van der Waals surface area contributed by atoms with E-state index in [0.29, 0.717) is 6.54 Å². The molecule has 2 aromatic rings. The van der Waals surface area contributed by atoms with Gasteiger partial charge >= 0.3 is 0 Å². The molecular weight excluding hydrogens is 358 g/mol. The Labute approximate surface area is 163 Å². The lowest BCUT2D eigenvalue weighted by Gasteiger charge is -2.16. The van der Waals surface area contributed by atoms with Crippen molar-refractivity contribution < 1.29 is 9.59 Å². The van der Waals surface area contributed by atoms with E-state index in [1.807, 2.05) is 54.8 Å². The largest absolute Gasteiger partial charge is 0.312 e. The van der Waals surface area contributed by atoms with E-state index in [4.69, 9.17) is 0 Å². The van der Waals surface area contributed by atoms with Crippen LogP contribution in [0.3, 0.4) is 0 Å². The van der Waals surface area contributed by atoms with Gasteiger partial charge in [-0.15, -0.1) is 11.8 Å². The molecule has 3 rings (SSSR count). The number of nitrogens with zero attached hydrogens (tertiary/aromatic N) is 2. The SMILES string of the molecule is CCc1ccc(N2C[C@H](C(=O)N/N=C/c3ccc(SC)cc3)CC2=O)cc1. The maximum absolute atomic E-state index is 12.4. The zero-order chi connectivity index (χ0) is 19.2. The van der Waals surface area contributed by atoms with E-state index >= 15 is 0 Å². The van der Waals surface area contributed by atoms with Gasteiger partial charge in [-0.25, -0.2) is 5.43 Å². The van der Waals surface area contributed by atoms with E-state index in [1.54, 1.807) is 22.9 Å². The molecule has 1 aliphatic rings. The highest BCUT2D eigenvalue weighted by Crippen LogP contribution is 2.25. The molecule has 0 aromatic heterocycles. The Bertz CT molecular complexity index is 832. The molecule has 27 heavy (non-hydrogen) atoms. The number of thioether (sulfide) groups is 1. The topological polar surface area (TPSA) is 61.8 Å². The standard InChI is InChI=1S/C21H23N3O2S/c1-3-15-4-8-18(9-5-15)24-14-17(12-20(24)25)21(26)23-22-13-16-6-10-19(27-2)11-7-16/h4-11,13,17H,3,12,14H2,1-2H3,(H,23,26)/b22-13+/t17-/m1/s1. The van der Waals surface area contributed by atoms with Crippen molar-refractivity contribution in [2.75, 3.05) is 17.7 Å². The molecule has 0 spiro atoms. The molecule has 5 nitrogen and oxygen atoms in total. The first kappa shape index (κ1) is 19.2. The minimum Gasteiger partial charge on any atom is -0.312 e. The lowest BCUT2D eigenvalue weighted by atomic mass is 10.1. The van der Waals surface area contributed by atoms with E-state index < -0.39 is 0 Å². The van der Waals surface area contributed by atoms with Crippen LogP contribution < -0.4 is 10.3 Å². The summed E-state index contributed by atoms with van der Waals surface area (Å²) < 4.78 is 0. The molecule has 1 fully saturated rings. The summed E-state index contributed by atoms with van der Waals surface area (Å²) in [5, 5.41) is 4.03. The number of hydrogen-bond acceptors (Lipinski definition) is 4. The fraction of sp³-hybridized carbons (Fsp3) is 0.286. The smallest absolute Gasteiger partial charge is 0.245 e. The number of benzene rings is 2. The molecule has 1 heterocycles. The van der Waals surface area contributed by atoms with Crippen molar-refractivity contribution in [1.82, 2.24) is 5.43 Å². The van der Waals surface area contributed by atoms with Crippen molar-refractivity contribution in [1.29, 1.82) is 0 Å². The normalized spacial score (nSPS) is 16.9. The third-order valence-electron chi connectivity index (χ3n) is 4.66. The molecule has 1 saturated heterocycles. The van der Waals surface area contributed by atoms with Crippen LogP contribution in [0.25, 0.3) is 0 Å². The van der Waals surface area contributed by atoms with E-state index in [9.17, 15) is 9.59 Å². The van der Waals surface area contributed by atoms with Gasteiger partial charge in [0.05, 0.1) is 12.1 Å². The van der Waals surface area contributed by atoms with Gasteiger partial charge in [-0.3, -0.25) is 9.59 Å². The number of amides is 2. The summed E-state index contributed by atoms with van der Waals surface area (Å²) in [4.78, 5) is 27.5. The molecule has 0 bridgehead atoms. The Kier molecular flexibility index (Phi) is 6.29. The van der Waals surface area contributed by atoms with Crippen LogP contribution in [-0.2, 0) is 16.0 Å². The second-order valence-corrected chi connectivity index (χ2v) is 7.31. The minimum atomic E-state index is -0.389. The number of rotatable bonds is 6. The predicted octanol–water partition coefficient (Wildman–Crippen LogP) is 3.47. The van der Waals surface area contributed by atoms with Crippen molar-refractivity contribution in [3.05, 3.63) is 59.7 Å². The van der Waals surface area contributed by atoms with Crippen LogP contribution in [0.4, 0.5) is 5.69 Å². The van der Waals surface area contributed by atoms with Gasteiger partial charge in [-0.2, -0.15) is 5.10 Å². The van der Waals surface area contributed by atoms with E-state index in [1.165, 1.54) is 10.5 Å². The van der Waals surface area contributed by atoms with Crippen LogP contribution in [0.1, 0.15) is 24.5 Å². The van der Waals surface area contributed by atoms with Crippen molar-refractivity contribution in [3.63, 3.8) is 0 Å². The Morgan fingerprint density at radius 3 is 2.56 bits per heavy atom. The highest BCUT2D eigenvalue weighted by atomic mass is 32.2. The van der Waals surface area contributed by atoms with Gasteiger partial charge in [0.25, 0.3) is 0 Å². The first-order valence-electron chi connectivity index (χ1n) is 8.97. The third kappa shape index (κ3) is 4.77. The zero-order valence-electron chi connectivity index (χ0n) is 15.5. The van der Waals surface area contributed by atoms with Crippen LogP contribution in [0.5, 0.6) is 0 Å². The third-order valence-corrected chi connectivity index (χ3v) is 5.40. The van der Waals surface area contributed by atoms with Crippen molar-refractivity contribution in [2.24, 2.45) is 11.0 Å². The molecule has 0 unspecified atom stereocenters. The molecular formula is C21H23N3O2S. The second-order valence-electron chi connectivity index (χ2n) is 6.43. The molecule has 0 saturated carbocycles. The number of aryl methyl sites for hydroxylation is 1. The summed E-state index contributed by atoms with van der Waals surface area (Å²) in [6.45, 7) is 2.47. The van der Waals surface area contributed by atoms with Crippen LogP contribution >= 0.6 is 11.8 Å². The van der Waals surface area contributed by atoms with Crippen LogP contribution in [0, 0.1) is 5.92 Å². The molecule has 0 radical (unpaired) electrons. The zero-order valence-corrected chi connectivity index (χ0v) is 16.3. The number of hydrazone groups is 1. The van der Waals surface area contributed by atoms with Crippen molar-refractivity contribution in [2.45, 2.75) is 24.7 Å². The predicted molar refractivity (Wildman–Crippen MR) is 110 cm³/mol. The average Bonchev–Trinajstić information content (AvgIpc) is 3.10. The maximum atomic E-state index is 12.4. The van der Waals surface area contributed by atoms with Crippen LogP contribution in [0.15, 0.2) is 58.5 Å². The van der Waals surface area contributed by atoms with Crippen molar-refractivity contribution >= 4 is 35.5 Å². The van der Waals surface area contributed by atoms with Gasteiger partial charge in [0.2, 0.25) is 11.8 Å². The molecule has 140 valence electrons. The molecule has 1 N–H and O–H groups in total. The molecule has 2 aromatic carbocycles. The fourth-order valence-electron chi connectivity index (χ4n) is 3.00. The Hall–Kier alpha value is -2.60. The van der Waals surface area contributed by atoms with Gasteiger partial charge in [0.1, 0.15) is 0 Å². The highest BCUT2D eigenvalue weighted by Gasteiger charge is 2.35. The summed E-state index contributed by atoms with van der Waals surface area (Å²) in [5.74, 6) is -0.650. The minimum absolute atomic E-state index is 0.0315. The summed E-state index contributed by atoms with van der Waals surface area (Å²) >= 11 is 1.67. The highest BCUT2D eigenvalue weighted by molar-refractivity contribution is 7.98. The van der Waals surface area contributed by atoms with Gasteiger partial charge in [0, 0.05) is 23.5 Å². The number of carbonyl (C=O) groups excluding carboxylic acids is 2. The Balaban J connectivity index is 1.57. The number of nitrogens with one attached hydrogen (secondary N) is 1. The Morgan fingerprint density at radius 1 is 1.22 bits per heavy atom. The van der Waals surface area contributed by atoms with E-state index in [0.717, 1.165) is 17.7 Å². The number of carbonyl (C=O) groups is 2. The van der Waals surface area contributed by atoms with Crippen LogP contribution in [0.2, 0.25) is 0 Å². The summed E-state index contributed by atoms with van der Waals surface area (Å²) in [7, 11) is 0. The number of anilines is 1. The average molecular weight is 382 g/mol. The lowest BCUT2D eigenvalue weighted by molar-refractivity contribution is -0.126. The molecule has 6 heteroatoms. The van der Waals surface area contributed by atoms with Crippen molar-refractivity contribution in [3.8, 4) is 0 Å².